The molecule has 0 saturated heterocycles. The summed E-state index contributed by atoms with van der Waals surface area (Å²) < 4.78 is 18.9. The van der Waals surface area contributed by atoms with Crippen LogP contribution in [0.1, 0.15) is 24.1 Å². The molecule has 21 heavy (non-hydrogen) atoms. The highest BCUT2D eigenvalue weighted by Crippen LogP contribution is 2.34. The van der Waals surface area contributed by atoms with Gasteiger partial charge >= 0.3 is 0 Å². The molecular formula is C18H20FNO. The fraction of sp³-hybridized carbons (Fsp3) is 0.222. The van der Waals surface area contributed by atoms with Gasteiger partial charge in [-0.3, -0.25) is 0 Å². The van der Waals surface area contributed by atoms with E-state index in [1.54, 1.807) is 13.2 Å². The summed E-state index contributed by atoms with van der Waals surface area (Å²) in [6, 6.07) is 10.5. The lowest BCUT2D eigenvalue weighted by Crippen LogP contribution is -2.06. The van der Waals surface area contributed by atoms with Gasteiger partial charge in [0.05, 0.1) is 7.11 Å². The molecule has 1 unspecified atom stereocenters. The minimum Gasteiger partial charge on any atom is -0.496 e. The van der Waals surface area contributed by atoms with Crippen LogP contribution < -0.4 is 10.5 Å². The molecule has 0 aliphatic carbocycles. The molecule has 0 radical (unpaired) electrons. The third kappa shape index (κ3) is 3.31. The number of ether oxygens (including phenoxy) is 1. The Morgan fingerprint density at radius 2 is 2.00 bits per heavy atom. The maximum atomic E-state index is 13.6. The smallest absolute Gasteiger partial charge is 0.126 e. The topological polar surface area (TPSA) is 35.2 Å². The van der Waals surface area contributed by atoms with E-state index in [1.807, 2.05) is 31.2 Å². The summed E-state index contributed by atoms with van der Waals surface area (Å²) in [5, 5.41) is 0. The summed E-state index contributed by atoms with van der Waals surface area (Å²) in [6.45, 7) is 5.73. The fourth-order valence-electron chi connectivity index (χ4n) is 2.37. The first-order valence-electron chi connectivity index (χ1n) is 6.90. The largest absolute Gasteiger partial charge is 0.496 e. The van der Waals surface area contributed by atoms with Gasteiger partial charge in [0.2, 0.25) is 0 Å². The summed E-state index contributed by atoms with van der Waals surface area (Å²) in [5.41, 5.74) is 9.73. The van der Waals surface area contributed by atoms with Crippen molar-refractivity contribution in [2.75, 3.05) is 7.11 Å². The molecule has 0 heterocycles. The molecule has 3 heteroatoms. The van der Waals surface area contributed by atoms with E-state index in [0.717, 1.165) is 22.3 Å². The molecule has 0 aliphatic heterocycles. The first kappa shape index (κ1) is 15.3. The summed E-state index contributed by atoms with van der Waals surface area (Å²) >= 11 is 0. The zero-order valence-corrected chi connectivity index (χ0v) is 12.4. The average Bonchev–Trinajstić information content (AvgIpc) is 2.47. The number of allylic oxidation sites excluding steroid dienone is 1. The van der Waals surface area contributed by atoms with Crippen LogP contribution in [0.15, 0.2) is 49.1 Å². The van der Waals surface area contributed by atoms with Gasteiger partial charge in [-0.15, -0.1) is 6.58 Å². The van der Waals surface area contributed by atoms with Crippen molar-refractivity contribution in [2.45, 2.75) is 19.4 Å². The molecule has 2 aromatic carbocycles. The highest BCUT2D eigenvalue weighted by molar-refractivity contribution is 5.74. The van der Waals surface area contributed by atoms with E-state index in [1.165, 1.54) is 12.1 Å². The van der Waals surface area contributed by atoms with Gasteiger partial charge in [-0.25, -0.2) is 4.39 Å². The molecule has 0 aliphatic rings. The Morgan fingerprint density at radius 3 is 2.62 bits per heavy atom. The van der Waals surface area contributed by atoms with Crippen LogP contribution >= 0.6 is 0 Å². The second-order valence-corrected chi connectivity index (χ2v) is 5.04. The molecule has 110 valence electrons. The summed E-state index contributed by atoms with van der Waals surface area (Å²) in [5.74, 6) is 0.363. The number of halogens is 1. The van der Waals surface area contributed by atoms with Gasteiger partial charge in [0.1, 0.15) is 11.6 Å². The number of nitrogens with two attached hydrogens (primary N) is 1. The minimum absolute atomic E-state index is 0.0444. The monoisotopic (exact) mass is 285 g/mol. The maximum absolute atomic E-state index is 13.6. The standard InChI is InChI=1S/C18H20FNO/c1-4-5-14-10-13(12(2)20)6-8-16(14)17-11-15(19)7-9-18(17)21-3/h4,6-12H,1,5,20H2,2-3H3. The Kier molecular flexibility index (Phi) is 4.76. The van der Waals surface area contributed by atoms with E-state index < -0.39 is 0 Å². The SMILES string of the molecule is C=CCc1cc(C(C)N)ccc1-c1cc(F)ccc1OC. The Labute approximate surface area is 125 Å². The molecule has 2 aromatic rings. The van der Waals surface area contributed by atoms with E-state index in [0.29, 0.717) is 12.2 Å². The Bertz CT molecular complexity index is 650. The molecule has 2 nitrogen and oxygen atoms in total. The second-order valence-electron chi connectivity index (χ2n) is 5.04. The number of hydrogen-bond acceptors (Lipinski definition) is 2. The van der Waals surface area contributed by atoms with E-state index >= 15 is 0 Å². The lowest BCUT2D eigenvalue weighted by molar-refractivity contribution is 0.415. The zero-order chi connectivity index (χ0) is 15.4. The minimum atomic E-state index is -0.286. The van der Waals surface area contributed by atoms with Gasteiger partial charge in [0.15, 0.2) is 0 Å². The lowest BCUT2D eigenvalue weighted by atomic mass is 9.93. The molecule has 0 bridgehead atoms. The van der Waals surface area contributed by atoms with Gasteiger partial charge in [-0.2, -0.15) is 0 Å². The predicted molar refractivity (Wildman–Crippen MR) is 84.9 cm³/mol. The van der Waals surface area contributed by atoms with Crippen molar-refractivity contribution in [1.82, 2.24) is 0 Å². The van der Waals surface area contributed by atoms with E-state index in [4.69, 9.17) is 10.5 Å². The van der Waals surface area contributed by atoms with Gasteiger partial charge < -0.3 is 10.5 Å². The van der Waals surface area contributed by atoms with E-state index in [9.17, 15) is 4.39 Å². The number of benzene rings is 2. The summed E-state index contributed by atoms with van der Waals surface area (Å²) in [7, 11) is 1.58. The molecule has 0 fully saturated rings. The van der Waals surface area contributed by atoms with E-state index in [2.05, 4.69) is 6.58 Å². The zero-order valence-electron chi connectivity index (χ0n) is 12.4. The van der Waals surface area contributed by atoms with Crippen molar-refractivity contribution in [1.29, 1.82) is 0 Å². The van der Waals surface area contributed by atoms with Gasteiger partial charge in [-0.05, 0) is 48.2 Å². The molecule has 2 N–H and O–H groups in total. The summed E-state index contributed by atoms with van der Waals surface area (Å²) in [4.78, 5) is 0. The third-order valence-corrected chi connectivity index (χ3v) is 3.47. The molecule has 0 saturated carbocycles. The normalized spacial score (nSPS) is 12.0. The van der Waals surface area contributed by atoms with Gasteiger partial charge in [0, 0.05) is 11.6 Å². The molecule has 1 atom stereocenters. The predicted octanol–water partition coefficient (Wildman–Crippen LogP) is 4.25. The fourth-order valence-corrected chi connectivity index (χ4v) is 2.37. The first-order valence-corrected chi connectivity index (χ1v) is 6.90. The quantitative estimate of drug-likeness (QED) is 0.833. The van der Waals surface area contributed by atoms with Crippen molar-refractivity contribution >= 4 is 0 Å². The van der Waals surface area contributed by atoms with Crippen molar-refractivity contribution in [2.24, 2.45) is 5.73 Å². The van der Waals surface area contributed by atoms with Crippen molar-refractivity contribution in [3.05, 3.63) is 66.0 Å². The number of methoxy groups -OCH3 is 1. The average molecular weight is 285 g/mol. The molecular weight excluding hydrogens is 265 g/mol. The summed E-state index contributed by atoms with van der Waals surface area (Å²) in [6.07, 6.45) is 2.52. The van der Waals surface area contributed by atoms with Crippen molar-refractivity contribution in [3.63, 3.8) is 0 Å². The molecule has 0 spiro atoms. The van der Waals surface area contributed by atoms with Gasteiger partial charge in [-0.1, -0.05) is 24.3 Å². The van der Waals surface area contributed by atoms with Crippen LogP contribution in [-0.4, -0.2) is 7.11 Å². The molecule has 0 aromatic heterocycles. The third-order valence-electron chi connectivity index (χ3n) is 3.47. The second kappa shape index (κ2) is 6.55. The maximum Gasteiger partial charge on any atom is 0.126 e. The Hall–Kier alpha value is -2.13. The number of rotatable bonds is 5. The van der Waals surface area contributed by atoms with Crippen LogP contribution in [0.5, 0.6) is 5.75 Å². The van der Waals surface area contributed by atoms with Gasteiger partial charge in [0.25, 0.3) is 0 Å². The van der Waals surface area contributed by atoms with Crippen LogP contribution in [0.4, 0.5) is 4.39 Å². The lowest BCUT2D eigenvalue weighted by Gasteiger charge is -2.15. The Balaban J connectivity index is 2.62. The number of hydrogen-bond donors (Lipinski definition) is 1. The Morgan fingerprint density at radius 1 is 1.24 bits per heavy atom. The highest BCUT2D eigenvalue weighted by Gasteiger charge is 2.12. The van der Waals surface area contributed by atoms with E-state index in [-0.39, 0.29) is 11.9 Å². The first-order chi connectivity index (χ1) is 10.1. The van der Waals surface area contributed by atoms with Crippen LogP contribution in [0, 0.1) is 5.82 Å². The van der Waals surface area contributed by atoms with Crippen molar-refractivity contribution in [3.8, 4) is 16.9 Å². The molecule has 0 amide bonds. The molecule has 2 rings (SSSR count). The van der Waals surface area contributed by atoms with Crippen LogP contribution in [0.2, 0.25) is 0 Å². The van der Waals surface area contributed by atoms with Crippen molar-refractivity contribution < 1.29 is 9.13 Å². The van der Waals surface area contributed by atoms with Crippen LogP contribution in [-0.2, 0) is 6.42 Å². The van der Waals surface area contributed by atoms with Crippen LogP contribution in [0.3, 0.4) is 0 Å². The van der Waals surface area contributed by atoms with Crippen LogP contribution in [0.25, 0.3) is 11.1 Å². The highest BCUT2D eigenvalue weighted by atomic mass is 19.1.